The van der Waals surface area contributed by atoms with Gasteiger partial charge in [-0.2, -0.15) is 5.26 Å². The molecular weight excluding hydrogens is 238 g/mol. The molecule has 0 spiro atoms. The number of hydrogen-bond donors (Lipinski definition) is 2. The zero-order valence-electron chi connectivity index (χ0n) is 8.39. The molecule has 2 heterocycles. The summed E-state index contributed by atoms with van der Waals surface area (Å²) in [7, 11) is 0. The minimum absolute atomic E-state index is 0.0240. The van der Waals surface area contributed by atoms with Crippen LogP contribution in [0.3, 0.4) is 0 Å². The third-order valence-electron chi connectivity index (χ3n) is 1.87. The van der Waals surface area contributed by atoms with Gasteiger partial charge in [-0.1, -0.05) is 5.92 Å². The summed E-state index contributed by atoms with van der Waals surface area (Å²) in [5.41, 5.74) is 0.0194. The fourth-order valence-corrected chi connectivity index (χ4v) is 1.81. The standard InChI is InChI=1S/C10H5N5OS/c1-2-6-3-8(13-5-12-6)14-10-7(4-11)9(16)15-17-10/h1,3,5H,(H,15,16)(H,12,13,14). The predicted octanol–water partition coefficient (Wildman–Crippen LogP) is 0.823. The van der Waals surface area contributed by atoms with Crippen molar-refractivity contribution in [1.82, 2.24) is 14.3 Å². The van der Waals surface area contributed by atoms with Gasteiger partial charge in [0.05, 0.1) is 0 Å². The van der Waals surface area contributed by atoms with E-state index < -0.39 is 5.56 Å². The SMILES string of the molecule is C#Cc1cc(Nc2s[nH]c(=O)c2C#N)ncn1. The van der Waals surface area contributed by atoms with Crippen molar-refractivity contribution >= 4 is 22.4 Å². The Morgan fingerprint density at radius 3 is 3.06 bits per heavy atom. The molecule has 2 N–H and O–H groups in total. The first-order valence-corrected chi connectivity index (χ1v) is 5.23. The Hall–Kier alpha value is -2.64. The molecular formula is C10H5N5OS. The molecule has 0 saturated carbocycles. The van der Waals surface area contributed by atoms with Crippen molar-refractivity contribution in [3.63, 3.8) is 0 Å². The van der Waals surface area contributed by atoms with Crippen LogP contribution in [-0.4, -0.2) is 14.3 Å². The molecule has 0 atom stereocenters. The van der Waals surface area contributed by atoms with Crippen LogP contribution in [0.15, 0.2) is 17.2 Å². The van der Waals surface area contributed by atoms with Gasteiger partial charge in [0.2, 0.25) is 0 Å². The highest BCUT2D eigenvalue weighted by atomic mass is 32.1. The summed E-state index contributed by atoms with van der Waals surface area (Å²) in [6.45, 7) is 0. The monoisotopic (exact) mass is 243 g/mol. The first-order chi connectivity index (χ1) is 8.24. The molecule has 6 nitrogen and oxygen atoms in total. The molecule has 0 radical (unpaired) electrons. The van der Waals surface area contributed by atoms with Crippen molar-refractivity contribution in [2.24, 2.45) is 0 Å². The van der Waals surface area contributed by atoms with Crippen LogP contribution < -0.4 is 10.9 Å². The van der Waals surface area contributed by atoms with Crippen LogP contribution in [0.25, 0.3) is 0 Å². The van der Waals surface area contributed by atoms with Crippen LogP contribution in [0.2, 0.25) is 0 Å². The molecule has 17 heavy (non-hydrogen) atoms. The number of anilines is 2. The van der Waals surface area contributed by atoms with Gasteiger partial charge in [0.25, 0.3) is 5.56 Å². The van der Waals surface area contributed by atoms with E-state index in [4.69, 9.17) is 11.7 Å². The maximum atomic E-state index is 11.2. The summed E-state index contributed by atoms with van der Waals surface area (Å²) < 4.78 is 2.45. The van der Waals surface area contributed by atoms with Crippen molar-refractivity contribution in [2.45, 2.75) is 0 Å². The number of terminal acetylenes is 1. The van der Waals surface area contributed by atoms with E-state index >= 15 is 0 Å². The summed E-state index contributed by atoms with van der Waals surface area (Å²) in [4.78, 5) is 19.0. The Morgan fingerprint density at radius 2 is 2.35 bits per heavy atom. The summed E-state index contributed by atoms with van der Waals surface area (Å²) in [5, 5.41) is 12.0. The highest BCUT2D eigenvalue weighted by molar-refractivity contribution is 7.10. The zero-order valence-corrected chi connectivity index (χ0v) is 9.21. The molecule has 0 bridgehead atoms. The van der Waals surface area contributed by atoms with Gasteiger partial charge in [0.1, 0.15) is 28.9 Å². The second kappa shape index (κ2) is 4.47. The van der Waals surface area contributed by atoms with Crippen molar-refractivity contribution in [1.29, 1.82) is 5.26 Å². The lowest BCUT2D eigenvalue weighted by Crippen LogP contribution is -2.03. The second-order valence-electron chi connectivity index (χ2n) is 2.91. The van der Waals surface area contributed by atoms with Crippen LogP contribution in [0, 0.1) is 23.7 Å². The minimum atomic E-state index is -0.425. The molecule has 0 aliphatic rings. The van der Waals surface area contributed by atoms with Gasteiger partial charge < -0.3 is 5.32 Å². The number of H-pyrrole nitrogens is 1. The summed E-state index contributed by atoms with van der Waals surface area (Å²) >= 11 is 1.03. The number of aromatic amines is 1. The Bertz CT molecular complexity index is 688. The Kier molecular flexibility index (Phi) is 2.86. The van der Waals surface area contributed by atoms with E-state index in [9.17, 15) is 4.79 Å². The van der Waals surface area contributed by atoms with Crippen molar-refractivity contribution in [3.8, 4) is 18.4 Å². The van der Waals surface area contributed by atoms with E-state index in [-0.39, 0.29) is 5.56 Å². The molecule has 7 heteroatoms. The summed E-state index contributed by atoms with van der Waals surface area (Å²) in [6.07, 6.45) is 6.50. The molecule has 2 aromatic rings. The average Bonchev–Trinajstić information content (AvgIpc) is 2.70. The van der Waals surface area contributed by atoms with Gasteiger partial charge in [-0.05, 0) is 11.5 Å². The lowest BCUT2D eigenvalue weighted by Gasteiger charge is -2.01. The predicted molar refractivity (Wildman–Crippen MR) is 62.9 cm³/mol. The number of nitriles is 1. The van der Waals surface area contributed by atoms with Gasteiger partial charge in [-0.15, -0.1) is 6.42 Å². The lowest BCUT2D eigenvalue weighted by molar-refractivity contribution is 1.15. The quantitative estimate of drug-likeness (QED) is 0.761. The average molecular weight is 243 g/mol. The molecule has 0 aromatic carbocycles. The Morgan fingerprint density at radius 1 is 1.53 bits per heavy atom. The normalized spacial score (nSPS) is 9.29. The van der Waals surface area contributed by atoms with Crippen LogP contribution in [0.1, 0.15) is 11.3 Å². The van der Waals surface area contributed by atoms with Crippen molar-refractivity contribution in [3.05, 3.63) is 34.0 Å². The van der Waals surface area contributed by atoms with Crippen LogP contribution in [-0.2, 0) is 0 Å². The van der Waals surface area contributed by atoms with Gasteiger partial charge in [-0.25, -0.2) is 9.97 Å². The van der Waals surface area contributed by atoms with E-state index in [1.807, 2.05) is 6.07 Å². The highest BCUT2D eigenvalue weighted by Gasteiger charge is 2.10. The Labute approximate surface area is 100 Å². The topological polar surface area (TPSA) is 94.5 Å². The molecule has 82 valence electrons. The molecule has 0 unspecified atom stereocenters. The van der Waals surface area contributed by atoms with Crippen molar-refractivity contribution < 1.29 is 0 Å². The molecule has 0 amide bonds. The maximum absolute atomic E-state index is 11.2. The lowest BCUT2D eigenvalue weighted by atomic mass is 10.3. The largest absolute Gasteiger partial charge is 0.329 e. The molecule has 2 aromatic heterocycles. The molecule has 0 aliphatic carbocycles. The fraction of sp³-hybridized carbons (Fsp3) is 0. The first kappa shape index (κ1) is 10.9. The fourth-order valence-electron chi connectivity index (χ4n) is 1.11. The molecule has 0 saturated heterocycles. The Balaban J connectivity index is 2.36. The maximum Gasteiger partial charge on any atom is 0.278 e. The number of hydrogen-bond acceptors (Lipinski definition) is 6. The summed E-state index contributed by atoms with van der Waals surface area (Å²) in [6, 6.07) is 3.36. The van der Waals surface area contributed by atoms with E-state index in [0.717, 1.165) is 11.5 Å². The molecule has 2 rings (SSSR count). The zero-order chi connectivity index (χ0) is 12.3. The minimum Gasteiger partial charge on any atom is -0.329 e. The van der Waals surface area contributed by atoms with E-state index in [2.05, 4.69) is 25.6 Å². The first-order valence-electron chi connectivity index (χ1n) is 4.42. The van der Waals surface area contributed by atoms with Crippen LogP contribution >= 0.6 is 11.5 Å². The number of aromatic nitrogens is 3. The highest BCUT2D eigenvalue weighted by Crippen LogP contribution is 2.20. The smallest absolute Gasteiger partial charge is 0.278 e. The van der Waals surface area contributed by atoms with E-state index in [0.29, 0.717) is 16.5 Å². The van der Waals surface area contributed by atoms with Gasteiger partial charge in [0, 0.05) is 6.07 Å². The van der Waals surface area contributed by atoms with E-state index in [1.165, 1.54) is 6.33 Å². The van der Waals surface area contributed by atoms with Crippen LogP contribution in [0.4, 0.5) is 10.8 Å². The van der Waals surface area contributed by atoms with Gasteiger partial charge >= 0.3 is 0 Å². The number of nitrogens with one attached hydrogen (secondary N) is 2. The van der Waals surface area contributed by atoms with Crippen LogP contribution in [0.5, 0.6) is 0 Å². The van der Waals surface area contributed by atoms with E-state index in [1.54, 1.807) is 6.07 Å². The summed E-state index contributed by atoms with van der Waals surface area (Å²) in [5.74, 6) is 2.79. The number of rotatable bonds is 2. The third kappa shape index (κ3) is 2.14. The third-order valence-corrected chi connectivity index (χ3v) is 2.67. The van der Waals surface area contributed by atoms with Gasteiger partial charge in [-0.3, -0.25) is 9.17 Å². The number of nitrogens with zero attached hydrogens (tertiary/aromatic N) is 3. The van der Waals surface area contributed by atoms with Gasteiger partial charge in [0.15, 0.2) is 5.56 Å². The molecule has 0 aliphatic heterocycles. The second-order valence-corrected chi connectivity index (χ2v) is 3.72. The van der Waals surface area contributed by atoms with Crippen molar-refractivity contribution in [2.75, 3.05) is 5.32 Å². The molecule has 0 fully saturated rings.